The molecule has 0 radical (unpaired) electrons. The highest BCUT2D eigenvalue weighted by molar-refractivity contribution is 6.39. The maximum Gasteiger partial charge on any atom is 0.270 e. The number of para-hydroxylation sites is 1. The third-order valence-corrected chi connectivity index (χ3v) is 4.76. The second-order valence-electron chi connectivity index (χ2n) is 6.32. The number of carbonyl (C=O) groups is 2. The van der Waals surface area contributed by atoms with Crippen molar-refractivity contribution in [2.75, 3.05) is 37.4 Å². The van der Waals surface area contributed by atoms with Crippen molar-refractivity contribution >= 4 is 52.1 Å². The van der Waals surface area contributed by atoms with Crippen LogP contribution in [0.3, 0.4) is 0 Å². The number of nitrogens with zero attached hydrogens (tertiary/aromatic N) is 3. The summed E-state index contributed by atoms with van der Waals surface area (Å²) < 4.78 is 0. The summed E-state index contributed by atoms with van der Waals surface area (Å²) in [6.07, 6.45) is 0. The fourth-order valence-electron chi connectivity index (χ4n) is 2.67. The van der Waals surface area contributed by atoms with Gasteiger partial charge in [0.25, 0.3) is 11.6 Å². The second-order valence-corrected chi connectivity index (χ2v) is 7.13. The first kappa shape index (κ1) is 22.4. The summed E-state index contributed by atoms with van der Waals surface area (Å²) in [4.78, 5) is 39.0. The number of nitro groups is 1. The molecule has 0 aromatic heterocycles. The number of non-ortho nitro benzene ring substituents is 1. The van der Waals surface area contributed by atoms with E-state index in [0.29, 0.717) is 5.69 Å². The molecule has 0 aliphatic rings. The third kappa shape index (κ3) is 5.36. The topological polar surface area (TPSA) is 95.8 Å². The van der Waals surface area contributed by atoms with Crippen molar-refractivity contribution in [3.8, 4) is 0 Å². The lowest BCUT2D eigenvalue weighted by molar-refractivity contribution is -0.384. The largest absolute Gasteiger partial charge is 0.377 e. The number of hydrogen-bond donors (Lipinski definition) is 1. The van der Waals surface area contributed by atoms with Crippen LogP contribution >= 0.6 is 23.2 Å². The minimum atomic E-state index is -0.571. The van der Waals surface area contributed by atoms with Gasteiger partial charge in [0.1, 0.15) is 6.54 Å². The number of likely N-dealkylation sites (N-methyl/N-ethyl adjacent to an activating group) is 1. The Kier molecular flexibility index (Phi) is 7.41. The molecular weight excluding hydrogens is 419 g/mol. The molecule has 0 spiro atoms. The number of anilines is 2. The molecular formula is C19H20Cl2N4O4. The Morgan fingerprint density at radius 1 is 1.14 bits per heavy atom. The molecule has 10 heteroatoms. The van der Waals surface area contributed by atoms with Gasteiger partial charge in [-0.2, -0.15) is 0 Å². The molecule has 2 rings (SSSR count). The van der Waals surface area contributed by atoms with Gasteiger partial charge < -0.3 is 15.1 Å². The van der Waals surface area contributed by atoms with E-state index in [1.807, 2.05) is 0 Å². The summed E-state index contributed by atoms with van der Waals surface area (Å²) in [7, 11) is 3.45. The van der Waals surface area contributed by atoms with Crippen LogP contribution in [0.25, 0.3) is 0 Å². The van der Waals surface area contributed by atoms with Gasteiger partial charge in [-0.3, -0.25) is 19.7 Å². The molecule has 0 fully saturated rings. The Balaban J connectivity index is 2.27. The normalized spacial score (nSPS) is 10.4. The number of nitro benzene ring substituents is 1. The molecule has 0 saturated heterocycles. The van der Waals surface area contributed by atoms with E-state index in [4.69, 9.17) is 23.2 Å². The van der Waals surface area contributed by atoms with E-state index < -0.39 is 16.7 Å². The fraction of sp³-hybridized carbons (Fsp3) is 0.263. The molecule has 0 bridgehead atoms. The standard InChI is InChI=1S/C19H20Cl2N4O4/c1-4-24(11-17(26)22-18-14(20)6-5-7-15(18)21)19(27)13-10-12(25(28)29)8-9-16(13)23(2)3/h5-10H,4,11H2,1-3H3,(H,22,26). The minimum Gasteiger partial charge on any atom is -0.377 e. The molecule has 29 heavy (non-hydrogen) atoms. The summed E-state index contributed by atoms with van der Waals surface area (Å²) in [6, 6.07) is 8.85. The first-order chi connectivity index (χ1) is 13.6. The van der Waals surface area contributed by atoms with Crippen LogP contribution < -0.4 is 10.2 Å². The lowest BCUT2D eigenvalue weighted by Gasteiger charge is -2.24. The first-order valence-electron chi connectivity index (χ1n) is 8.64. The Hall–Kier alpha value is -2.84. The predicted octanol–water partition coefficient (Wildman–Crippen LogP) is 4.07. The van der Waals surface area contributed by atoms with Crippen molar-refractivity contribution in [1.82, 2.24) is 4.90 Å². The van der Waals surface area contributed by atoms with Crippen molar-refractivity contribution in [3.05, 3.63) is 62.1 Å². The number of nitrogens with one attached hydrogen (secondary N) is 1. The molecule has 0 unspecified atom stereocenters. The average Bonchev–Trinajstić information content (AvgIpc) is 2.67. The van der Waals surface area contributed by atoms with Crippen LogP contribution in [0.5, 0.6) is 0 Å². The van der Waals surface area contributed by atoms with Gasteiger partial charge in [-0.1, -0.05) is 29.3 Å². The van der Waals surface area contributed by atoms with Crippen molar-refractivity contribution in [2.45, 2.75) is 6.92 Å². The minimum absolute atomic E-state index is 0.134. The Morgan fingerprint density at radius 3 is 2.28 bits per heavy atom. The van der Waals surface area contributed by atoms with Crippen molar-refractivity contribution in [3.63, 3.8) is 0 Å². The van der Waals surface area contributed by atoms with Crippen LogP contribution in [0.1, 0.15) is 17.3 Å². The summed E-state index contributed by atoms with van der Waals surface area (Å²) in [6.45, 7) is 1.66. The molecule has 2 aromatic rings. The predicted molar refractivity (Wildman–Crippen MR) is 114 cm³/mol. The molecule has 8 nitrogen and oxygen atoms in total. The summed E-state index contributed by atoms with van der Waals surface area (Å²) in [5.74, 6) is -0.993. The SMILES string of the molecule is CCN(CC(=O)Nc1c(Cl)cccc1Cl)C(=O)c1cc([N+](=O)[O-])ccc1N(C)C. The zero-order chi connectivity index (χ0) is 21.7. The maximum absolute atomic E-state index is 13.0. The van der Waals surface area contributed by atoms with E-state index in [1.165, 1.54) is 23.1 Å². The van der Waals surface area contributed by atoms with Gasteiger partial charge in [-0.05, 0) is 25.1 Å². The Labute approximate surface area is 178 Å². The van der Waals surface area contributed by atoms with Gasteiger partial charge in [-0.25, -0.2) is 0 Å². The molecule has 0 saturated carbocycles. The molecule has 154 valence electrons. The van der Waals surface area contributed by atoms with Crippen molar-refractivity contribution < 1.29 is 14.5 Å². The van der Waals surface area contributed by atoms with Gasteiger partial charge in [-0.15, -0.1) is 0 Å². The highest BCUT2D eigenvalue weighted by Crippen LogP contribution is 2.30. The molecule has 0 aliphatic heterocycles. The van der Waals surface area contributed by atoms with Gasteiger partial charge in [0.05, 0.1) is 26.2 Å². The maximum atomic E-state index is 13.0. The van der Waals surface area contributed by atoms with E-state index in [9.17, 15) is 19.7 Å². The van der Waals surface area contributed by atoms with Crippen LogP contribution in [0.2, 0.25) is 10.0 Å². The molecule has 0 heterocycles. The lowest BCUT2D eigenvalue weighted by atomic mass is 10.1. The van der Waals surface area contributed by atoms with Crippen LogP contribution in [0.15, 0.2) is 36.4 Å². The van der Waals surface area contributed by atoms with Gasteiger partial charge in [0.15, 0.2) is 0 Å². The van der Waals surface area contributed by atoms with Crippen LogP contribution in [-0.4, -0.2) is 48.8 Å². The van der Waals surface area contributed by atoms with Gasteiger partial charge in [0, 0.05) is 38.5 Å². The van der Waals surface area contributed by atoms with Gasteiger partial charge >= 0.3 is 0 Å². The van der Waals surface area contributed by atoms with Crippen molar-refractivity contribution in [2.24, 2.45) is 0 Å². The summed E-state index contributed by atoms with van der Waals surface area (Å²) in [5.41, 5.74) is 0.694. The van der Waals surface area contributed by atoms with E-state index in [1.54, 1.807) is 44.1 Å². The summed E-state index contributed by atoms with van der Waals surface area (Å²) >= 11 is 12.1. The number of benzene rings is 2. The quantitative estimate of drug-likeness (QED) is 0.519. The zero-order valence-corrected chi connectivity index (χ0v) is 17.6. The van der Waals surface area contributed by atoms with Crippen LogP contribution in [0, 0.1) is 10.1 Å². The van der Waals surface area contributed by atoms with E-state index in [-0.39, 0.29) is 40.1 Å². The number of amides is 2. The Bertz CT molecular complexity index is 930. The molecule has 2 aromatic carbocycles. The molecule has 0 aliphatic carbocycles. The molecule has 1 N–H and O–H groups in total. The highest BCUT2D eigenvalue weighted by Gasteiger charge is 2.24. The monoisotopic (exact) mass is 438 g/mol. The lowest BCUT2D eigenvalue weighted by Crippen LogP contribution is -2.38. The van der Waals surface area contributed by atoms with Gasteiger partial charge in [0.2, 0.25) is 5.91 Å². The fourth-order valence-corrected chi connectivity index (χ4v) is 3.16. The second kappa shape index (κ2) is 9.58. The number of hydrogen-bond acceptors (Lipinski definition) is 5. The third-order valence-electron chi connectivity index (χ3n) is 4.13. The summed E-state index contributed by atoms with van der Waals surface area (Å²) in [5, 5.41) is 14.3. The number of rotatable bonds is 7. The van der Waals surface area contributed by atoms with Crippen LogP contribution in [-0.2, 0) is 4.79 Å². The number of carbonyl (C=O) groups excluding carboxylic acids is 2. The number of halogens is 2. The van der Waals surface area contributed by atoms with Crippen molar-refractivity contribution in [1.29, 1.82) is 0 Å². The zero-order valence-electron chi connectivity index (χ0n) is 16.1. The first-order valence-corrected chi connectivity index (χ1v) is 9.40. The smallest absolute Gasteiger partial charge is 0.270 e. The van der Waals surface area contributed by atoms with E-state index in [2.05, 4.69) is 5.32 Å². The average molecular weight is 439 g/mol. The van der Waals surface area contributed by atoms with Crippen LogP contribution in [0.4, 0.5) is 17.1 Å². The van der Waals surface area contributed by atoms with E-state index in [0.717, 1.165) is 0 Å². The Morgan fingerprint density at radius 2 is 1.76 bits per heavy atom. The highest BCUT2D eigenvalue weighted by atomic mass is 35.5. The van der Waals surface area contributed by atoms with E-state index >= 15 is 0 Å². The molecule has 0 atom stereocenters. The molecule has 2 amide bonds.